The molecule has 3 rings (SSSR count). The van der Waals surface area contributed by atoms with Gasteiger partial charge < -0.3 is 20.3 Å². The van der Waals surface area contributed by atoms with E-state index in [1.54, 1.807) is 0 Å². The van der Waals surface area contributed by atoms with E-state index in [1.165, 1.54) is 37.8 Å². The smallest absolute Gasteiger partial charge is 0.328 e. The molecule has 1 aliphatic heterocycles. The Balaban J connectivity index is 0.000000466. The summed E-state index contributed by atoms with van der Waals surface area (Å²) in [5, 5.41) is 19.1. The third-order valence-electron chi connectivity index (χ3n) is 6.16. The molecule has 7 nitrogen and oxygen atoms in total. The molecule has 3 N–H and O–H groups in total. The third kappa shape index (κ3) is 10.8. The number of carboxylic acids is 2. The molecule has 1 aliphatic rings. The highest BCUT2D eigenvalue weighted by Gasteiger charge is 2.24. The number of piperidine rings is 1. The molecule has 2 aromatic rings. The van der Waals surface area contributed by atoms with Crippen molar-refractivity contribution >= 4 is 11.9 Å². The van der Waals surface area contributed by atoms with Crippen LogP contribution in [0, 0.1) is 5.92 Å². The molecule has 0 bridgehead atoms. The molecule has 35 heavy (non-hydrogen) atoms. The van der Waals surface area contributed by atoms with Crippen LogP contribution in [0.15, 0.2) is 66.7 Å². The zero-order valence-electron chi connectivity index (χ0n) is 20.7. The van der Waals surface area contributed by atoms with Gasteiger partial charge in [0.25, 0.3) is 0 Å². The molecule has 0 unspecified atom stereocenters. The Morgan fingerprint density at radius 1 is 0.971 bits per heavy atom. The normalized spacial score (nSPS) is 14.1. The quantitative estimate of drug-likeness (QED) is 0.380. The number of nitrogens with zero attached hydrogens (tertiary/aromatic N) is 1. The number of carbonyl (C=O) groups is 2. The summed E-state index contributed by atoms with van der Waals surface area (Å²) in [6.45, 7) is 9.04. The Morgan fingerprint density at radius 2 is 1.54 bits per heavy atom. The molecule has 0 radical (unpaired) electrons. The molecular weight excluding hydrogens is 444 g/mol. The van der Waals surface area contributed by atoms with Gasteiger partial charge in [0.05, 0.1) is 0 Å². The van der Waals surface area contributed by atoms with Gasteiger partial charge in [-0.3, -0.25) is 4.90 Å². The van der Waals surface area contributed by atoms with Gasteiger partial charge in [-0.05, 0) is 50.0 Å². The number of benzene rings is 2. The van der Waals surface area contributed by atoms with E-state index in [2.05, 4.69) is 48.3 Å². The number of nitrogens with one attached hydrogen (secondary N) is 1. The Morgan fingerprint density at radius 3 is 2.11 bits per heavy atom. The molecule has 0 saturated carbocycles. The van der Waals surface area contributed by atoms with Crippen molar-refractivity contribution in [3.63, 3.8) is 0 Å². The number of carboxylic acid groups (broad SMARTS) is 2. The first-order chi connectivity index (χ1) is 16.9. The highest BCUT2D eigenvalue weighted by Crippen LogP contribution is 2.28. The van der Waals surface area contributed by atoms with Gasteiger partial charge in [0.2, 0.25) is 0 Å². The molecule has 0 aliphatic carbocycles. The summed E-state index contributed by atoms with van der Waals surface area (Å²) < 4.78 is 6.22. The largest absolute Gasteiger partial charge is 0.478 e. The first-order valence-corrected chi connectivity index (χ1v) is 12.3. The third-order valence-corrected chi connectivity index (χ3v) is 6.16. The molecule has 1 saturated heterocycles. The van der Waals surface area contributed by atoms with Gasteiger partial charge >= 0.3 is 11.9 Å². The minimum absolute atomic E-state index is 0.558. The van der Waals surface area contributed by atoms with Crippen molar-refractivity contribution < 1.29 is 24.5 Å². The van der Waals surface area contributed by atoms with Crippen LogP contribution in [0.4, 0.5) is 0 Å². The van der Waals surface area contributed by atoms with Crippen molar-refractivity contribution in [1.82, 2.24) is 10.2 Å². The maximum Gasteiger partial charge on any atom is 0.328 e. The second kappa shape index (κ2) is 15.7. The molecule has 1 heterocycles. The Hall–Kier alpha value is -3.16. The van der Waals surface area contributed by atoms with Crippen LogP contribution in [0.3, 0.4) is 0 Å². The summed E-state index contributed by atoms with van der Waals surface area (Å²) in [4.78, 5) is 21.8. The van der Waals surface area contributed by atoms with E-state index < -0.39 is 11.9 Å². The van der Waals surface area contributed by atoms with Gasteiger partial charge in [-0.15, -0.1) is 0 Å². The van der Waals surface area contributed by atoms with Gasteiger partial charge in [0.15, 0.2) is 0 Å². The van der Waals surface area contributed by atoms with Crippen LogP contribution in [0.25, 0.3) is 0 Å². The van der Waals surface area contributed by atoms with Crippen LogP contribution < -0.4 is 10.1 Å². The van der Waals surface area contributed by atoms with Gasteiger partial charge in [-0.2, -0.15) is 0 Å². The monoisotopic (exact) mass is 482 g/mol. The second-order valence-corrected chi connectivity index (χ2v) is 8.63. The van der Waals surface area contributed by atoms with Crippen molar-refractivity contribution in [2.24, 2.45) is 5.92 Å². The Labute approximate surface area is 208 Å². The van der Waals surface area contributed by atoms with E-state index >= 15 is 0 Å². The maximum atomic E-state index is 9.55. The fourth-order valence-electron chi connectivity index (χ4n) is 4.10. The minimum atomic E-state index is -1.26. The van der Waals surface area contributed by atoms with Crippen molar-refractivity contribution in [2.45, 2.75) is 52.1 Å². The second-order valence-electron chi connectivity index (χ2n) is 8.63. The Kier molecular flexibility index (Phi) is 12.6. The van der Waals surface area contributed by atoms with E-state index in [0.29, 0.717) is 18.2 Å². The van der Waals surface area contributed by atoms with Crippen molar-refractivity contribution in [2.75, 3.05) is 19.6 Å². The van der Waals surface area contributed by atoms with E-state index in [9.17, 15) is 9.59 Å². The topological polar surface area (TPSA) is 99.1 Å². The fraction of sp³-hybridized carbons (Fsp3) is 0.429. The highest BCUT2D eigenvalue weighted by molar-refractivity contribution is 5.89. The van der Waals surface area contributed by atoms with Crippen LogP contribution in [-0.2, 0) is 16.1 Å². The number of hydrogen-bond donors (Lipinski definition) is 3. The number of ether oxygens (including phenoxy) is 1. The minimum Gasteiger partial charge on any atom is -0.478 e. The van der Waals surface area contributed by atoms with Gasteiger partial charge in [0.1, 0.15) is 11.5 Å². The molecule has 0 atom stereocenters. The van der Waals surface area contributed by atoms with E-state index in [1.807, 2.05) is 30.3 Å². The highest BCUT2D eigenvalue weighted by atomic mass is 16.5. The van der Waals surface area contributed by atoms with Crippen molar-refractivity contribution in [3.8, 4) is 11.5 Å². The summed E-state index contributed by atoms with van der Waals surface area (Å²) in [5.74, 6) is 0.132. The lowest BCUT2D eigenvalue weighted by Gasteiger charge is -2.37. The zero-order chi connectivity index (χ0) is 25.5. The number of rotatable bonds is 11. The summed E-state index contributed by atoms with van der Waals surface area (Å²) in [5.41, 5.74) is 1.28. The van der Waals surface area contributed by atoms with Crippen LogP contribution in [0.2, 0.25) is 0 Å². The molecule has 2 aromatic carbocycles. The van der Waals surface area contributed by atoms with Crippen LogP contribution in [-0.4, -0.2) is 52.7 Å². The number of aliphatic carboxylic acids is 2. The summed E-state index contributed by atoms with van der Waals surface area (Å²) >= 11 is 0. The lowest BCUT2D eigenvalue weighted by molar-refractivity contribution is -0.134. The number of para-hydroxylation sites is 2. The first-order valence-electron chi connectivity index (χ1n) is 12.3. The average Bonchev–Trinajstić information content (AvgIpc) is 2.88. The first kappa shape index (κ1) is 28.1. The van der Waals surface area contributed by atoms with Crippen LogP contribution in [0.1, 0.15) is 45.1 Å². The Bertz CT molecular complexity index is 906. The average molecular weight is 483 g/mol. The standard InChI is InChI=1S/C24H34N2O.C4H4O4/c1-3-20(4-2)18-26(22-14-16-25-17-15-22)19-21-10-8-9-13-24(21)27-23-11-6-5-7-12-23;5-3(6)1-2-4(7)8/h5-13,20,22,25H,3-4,14-19H2,1-2H3;1-2H,(H,5,6)(H,7,8). The lowest BCUT2D eigenvalue weighted by Crippen LogP contribution is -2.44. The number of hydrogen-bond acceptors (Lipinski definition) is 5. The predicted octanol–water partition coefficient (Wildman–Crippen LogP) is 5.18. The van der Waals surface area contributed by atoms with E-state index in [4.69, 9.17) is 14.9 Å². The molecule has 1 fully saturated rings. The van der Waals surface area contributed by atoms with Crippen molar-refractivity contribution in [1.29, 1.82) is 0 Å². The van der Waals surface area contributed by atoms with E-state index in [0.717, 1.165) is 37.1 Å². The van der Waals surface area contributed by atoms with Crippen LogP contribution >= 0.6 is 0 Å². The summed E-state index contributed by atoms with van der Waals surface area (Å²) in [6, 6.07) is 19.3. The molecular formula is C28H38N2O5. The summed E-state index contributed by atoms with van der Waals surface area (Å²) in [7, 11) is 0. The fourth-order valence-corrected chi connectivity index (χ4v) is 4.10. The molecule has 190 valence electrons. The molecule has 0 spiro atoms. The zero-order valence-corrected chi connectivity index (χ0v) is 20.7. The predicted molar refractivity (Wildman–Crippen MR) is 138 cm³/mol. The molecule has 0 aromatic heterocycles. The van der Waals surface area contributed by atoms with Crippen LogP contribution in [0.5, 0.6) is 11.5 Å². The van der Waals surface area contributed by atoms with Gasteiger partial charge in [0, 0.05) is 36.8 Å². The van der Waals surface area contributed by atoms with Gasteiger partial charge in [-0.25, -0.2) is 9.59 Å². The molecule has 7 heteroatoms. The maximum absolute atomic E-state index is 9.55. The SMILES string of the molecule is CCC(CC)CN(Cc1ccccc1Oc1ccccc1)C1CCNCC1.O=C(O)C=CC(=O)O. The van der Waals surface area contributed by atoms with Gasteiger partial charge in [-0.1, -0.05) is 63.1 Å². The van der Waals surface area contributed by atoms with Crippen molar-refractivity contribution in [3.05, 3.63) is 72.3 Å². The lowest BCUT2D eigenvalue weighted by atomic mass is 9.98. The summed E-state index contributed by atoms with van der Waals surface area (Å²) in [6.07, 6.45) is 6.09. The molecule has 0 amide bonds. The van der Waals surface area contributed by atoms with E-state index in [-0.39, 0.29) is 0 Å².